The zero-order valence-electron chi connectivity index (χ0n) is 5.86. The fourth-order valence-electron chi connectivity index (χ4n) is 0.976. The lowest BCUT2D eigenvalue weighted by atomic mass is 10.1. The molecule has 0 aliphatic carbocycles. The Morgan fingerprint density at radius 3 is 3.18 bits per heavy atom. The molecule has 0 saturated carbocycles. The molecule has 0 unspecified atom stereocenters. The average Bonchev–Trinajstić information content (AvgIpc) is 2.05. The van der Waals surface area contributed by atoms with Crippen LogP contribution in [0.25, 0.3) is 6.08 Å². The van der Waals surface area contributed by atoms with Gasteiger partial charge in [0.25, 0.3) is 0 Å². The van der Waals surface area contributed by atoms with E-state index >= 15 is 0 Å². The first-order chi connectivity index (χ1) is 4.97. The molecular weight excluding hydrogens is 162 g/mol. The number of ether oxygens (including phenoxy) is 1. The van der Waals surface area contributed by atoms with Gasteiger partial charge in [-0.2, -0.15) is 0 Å². The molecular formula is C8H8ClNO. The zero-order chi connectivity index (χ0) is 6.81. The smallest absolute Gasteiger partial charge is 0.113 e. The topological polar surface area (TPSA) is 22.1 Å². The normalized spacial score (nSPS) is 12.7. The fourth-order valence-corrected chi connectivity index (χ4v) is 0.976. The second kappa shape index (κ2) is 3.39. The highest BCUT2D eigenvalue weighted by Crippen LogP contribution is 2.14. The van der Waals surface area contributed by atoms with Crippen molar-refractivity contribution in [2.45, 2.75) is 6.61 Å². The minimum Gasteiger partial charge on any atom is -0.496 e. The number of halogens is 1. The third-order valence-corrected chi connectivity index (χ3v) is 1.53. The minimum atomic E-state index is 0. The molecule has 2 heterocycles. The lowest BCUT2D eigenvalue weighted by Crippen LogP contribution is -1.95. The molecule has 0 bridgehead atoms. The average molecular weight is 170 g/mol. The van der Waals surface area contributed by atoms with Crippen molar-refractivity contribution in [3.63, 3.8) is 0 Å². The quantitative estimate of drug-likeness (QED) is 0.593. The molecule has 0 amide bonds. The van der Waals surface area contributed by atoms with E-state index in [1.54, 1.807) is 12.5 Å². The first-order valence-electron chi connectivity index (χ1n) is 3.18. The SMILES string of the molecule is C1=Cc2cnccc2CO1.Cl. The predicted octanol–water partition coefficient (Wildman–Crippen LogP) is 2.00. The van der Waals surface area contributed by atoms with Crippen molar-refractivity contribution >= 4 is 18.5 Å². The Labute approximate surface area is 71.3 Å². The molecule has 58 valence electrons. The molecule has 0 radical (unpaired) electrons. The summed E-state index contributed by atoms with van der Waals surface area (Å²) in [4.78, 5) is 3.99. The van der Waals surface area contributed by atoms with Gasteiger partial charge in [0.1, 0.15) is 6.61 Å². The lowest BCUT2D eigenvalue weighted by molar-refractivity contribution is 0.234. The van der Waals surface area contributed by atoms with E-state index in [1.807, 2.05) is 18.3 Å². The molecule has 2 rings (SSSR count). The number of fused-ring (bicyclic) bond motifs is 1. The van der Waals surface area contributed by atoms with Gasteiger partial charge in [-0.25, -0.2) is 0 Å². The van der Waals surface area contributed by atoms with Gasteiger partial charge in [0.05, 0.1) is 6.26 Å². The van der Waals surface area contributed by atoms with Crippen molar-refractivity contribution in [3.05, 3.63) is 35.8 Å². The van der Waals surface area contributed by atoms with Crippen molar-refractivity contribution in [3.8, 4) is 0 Å². The van der Waals surface area contributed by atoms with E-state index < -0.39 is 0 Å². The minimum absolute atomic E-state index is 0. The molecule has 1 aromatic heterocycles. The summed E-state index contributed by atoms with van der Waals surface area (Å²) in [6.07, 6.45) is 7.24. The van der Waals surface area contributed by atoms with E-state index in [0.717, 1.165) is 5.56 Å². The molecule has 11 heavy (non-hydrogen) atoms. The predicted molar refractivity (Wildman–Crippen MR) is 45.3 cm³/mol. The summed E-state index contributed by atoms with van der Waals surface area (Å²) in [7, 11) is 0. The highest BCUT2D eigenvalue weighted by molar-refractivity contribution is 5.85. The molecule has 1 aliphatic heterocycles. The van der Waals surface area contributed by atoms with Crippen LogP contribution in [0.1, 0.15) is 11.1 Å². The molecule has 3 heteroatoms. The van der Waals surface area contributed by atoms with Crippen LogP contribution in [0.15, 0.2) is 24.7 Å². The monoisotopic (exact) mass is 169 g/mol. The van der Waals surface area contributed by atoms with E-state index in [2.05, 4.69) is 4.98 Å². The van der Waals surface area contributed by atoms with Crippen LogP contribution in [-0.4, -0.2) is 4.98 Å². The highest BCUT2D eigenvalue weighted by atomic mass is 35.5. The van der Waals surface area contributed by atoms with Crippen molar-refractivity contribution in [2.24, 2.45) is 0 Å². The maximum atomic E-state index is 5.09. The first kappa shape index (κ1) is 8.08. The Morgan fingerprint density at radius 2 is 2.36 bits per heavy atom. The maximum absolute atomic E-state index is 5.09. The van der Waals surface area contributed by atoms with Crippen LogP contribution in [-0.2, 0) is 11.3 Å². The van der Waals surface area contributed by atoms with Crippen LogP contribution in [0, 0.1) is 0 Å². The van der Waals surface area contributed by atoms with Gasteiger partial charge in [-0.3, -0.25) is 4.98 Å². The largest absolute Gasteiger partial charge is 0.496 e. The first-order valence-corrected chi connectivity index (χ1v) is 3.18. The second-order valence-electron chi connectivity index (χ2n) is 2.19. The Kier molecular flexibility index (Phi) is 2.49. The zero-order valence-corrected chi connectivity index (χ0v) is 6.67. The number of hydrogen-bond donors (Lipinski definition) is 0. The van der Waals surface area contributed by atoms with Crippen molar-refractivity contribution < 1.29 is 4.74 Å². The van der Waals surface area contributed by atoms with Crippen molar-refractivity contribution in [1.82, 2.24) is 4.98 Å². The Hall–Kier alpha value is -1.02. The molecule has 0 saturated heterocycles. The summed E-state index contributed by atoms with van der Waals surface area (Å²) in [6, 6.07) is 1.97. The van der Waals surface area contributed by atoms with E-state index in [0.29, 0.717) is 6.61 Å². The summed E-state index contributed by atoms with van der Waals surface area (Å²) in [5.74, 6) is 0. The van der Waals surface area contributed by atoms with Crippen LogP contribution < -0.4 is 0 Å². The summed E-state index contributed by atoms with van der Waals surface area (Å²) >= 11 is 0. The van der Waals surface area contributed by atoms with Gasteiger partial charge in [-0.15, -0.1) is 12.4 Å². The van der Waals surface area contributed by atoms with E-state index in [-0.39, 0.29) is 12.4 Å². The lowest BCUT2D eigenvalue weighted by Gasteiger charge is -2.09. The summed E-state index contributed by atoms with van der Waals surface area (Å²) in [5.41, 5.74) is 2.37. The van der Waals surface area contributed by atoms with E-state index in [1.165, 1.54) is 5.56 Å². The van der Waals surface area contributed by atoms with Crippen molar-refractivity contribution in [1.29, 1.82) is 0 Å². The molecule has 2 nitrogen and oxygen atoms in total. The number of pyridine rings is 1. The second-order valence-corrected chi connectivity index (χ2v) is 2.19. The summed E-state index contributed by atoms with van der Waals surface area (Å²) in [6.45, 7) is 0.675. The van der Waals surface area contributed by atoms with Gasteiger partial charge < -0.3 is 4.74 Å². The number of rotatable bonds is 0. The van der Waals surface area contributed by atoms with Crippen LogP contribution in [0.2, 0.25) is 0 Å². The molecule has 0 atom stereocenters. The molecule has 0 aromatic carbocycles. The standard InChI is InChI=1S/C8H7NO.ClH/c1-3-9-5-7-2-4-10-6-8(1)7;/h1-5H,6H2;1H. The number of nitrogens with zero attached hydrogens (tertiary/aromatic N) is 1. The van der Waals surface area contributed by atoms with Gasteiger partial charge in [0, 0.05) is 18.0 Å². The maximum Gasteiger partial charge on any atom is 0.113 e. The third kappa shape index (κ3) is 1.52. The number of hydrogen-bond acceptors (Lipinski definition) is 2. The van der Waals surface area contributed by atoms with Crippen LogP contribution in [0.5, 0.6) is 0 Å². The molecule has 0 N–H and O–H groups in total. The van der Waals surface area contributed by atoms with Crippen LogP contribution >= 0.6 is 12.4 Å². The summed E-state index contributed by atoms with van der Waals surface area (Å²) in [5, 5.41) is 0. The van der Waals surface area contributed by atoms with Gasteiger partial charge in [-0.05, 0) is 17.7 Å². The van der Waals surface area contributed by atoms with Crippen LogP contribution in [0.3, 0.4) is 0 Å². The van der Waals surface area contributed by atoms with Gasteiger partial charge >= 0.3 is 0 Å². The van der Waals surface area contributed by atoms with Gasteiger partial charge in [0.15, 0.2) is 0 Å². The van der Waals surface area contributed by atoms with Gasteiger partial charge in [0.2, 0.25) is 0 Å². The Bertz CT molecular complexity index is 273. The van der Waals surface area contributed by atoms with Crippen molar-refractivity contribution in [2.75, 3.05) is 0 Å². The Balaban J connectivity index is 0.000000605. The Morgan fingerprint density at radius 1 is 1.45 bits per heavy atom. The van der Waals surface area contributed by atoms with E-state index in [4.69, 9.17) is 4.74 Å². The molecule has 1 aliphatic rings. The molecule has 0 spiro atoms. The highest BCUT2D eigenvalue weighted by Gasteiger charge is 2.01. The third-order valence-electron chi connectivity index (χ3n) is 1.53. The molecule has 0 fully saturated rings. The fraction of sp³-hybridized carbons (Fsp3) is 0.125. The summed E-state index contributed by atoms with van der Waals surface area (Å²) < 4.78 is 5.09. The number of aromatic nitrogens is 1. The van der Waals surface area contributed by atoms with Gasteiger partial charge in [-0.1, -0.05) is 0 Å². The molecule has 1 aromatic rings. The van der Waals surface area contributed by atoms with E-state index in [9.17, 15) is 0 Å². The van der Waals surface area contributed by atoms with Crippen LogP contribution in [0.4, 0.5) is 0 Å².